The molecule has 2 nitrogen and oxygen atoms in total. The van der Waals surface area contributed by atoms with Crippen molar-refractivity contribution in [2.24, 2.45) is 11.1 Å². The first-order valence-corrected chi connectivity index (χ1v) is 5.44. The van der Waals surface area contributed by atoms with Gasteiger partial charge in [0.15, 0.2) is 17.4 Å². The maximum Gasteiger partial charge on any atom is 0.159 e. The second kappa shape index (κ2) is 4.92. The highest BCUT2D eigenvalue weighted by Gasteiger charge is 2.27. The Labute approximate surface area is 99.8 Å². The molecule has 4 heteroatoms. The number of ketones is 1. The van der Waals surface area contributed by atoms with Gasteiger partial charge in [-0.05, 0) is 23.1 Å². The minimum atomic E-state index is -0.945. The molecule has 0 fully saturated rings. The molecule has 1 aromatic rings. The molecule has 1 unspecified atom stereocenters. The van der Waals surface area contributed by atoms with Gasteiger partial charge in [0.05, 0.1) is 6.04 Å². The van der Waals surface area contributed by atoms with Gasteiger partial charge in [0, 0.05) is 6.42 Å². The van der Waals surface area contributed by atoms with Crippen molar-refractivity contribution >= 4 is 5.78 Å². The van der Waals surface area contributed by atoms with Crippen LogP contribution in [-0.4, -0.2) is 11.8 Å². The Morgan fingerprint density at radius 3 is 2.35 bits per heavy atom. The van der Waals surface area contributed by atoms with Gasteiger partial charge in [-0.1, -0.05) is 26.8 Å². The second-order valence-electron chi connectivity index (χ2n) is 5.24. The van der Waals surface area contributed by atoms with E-state index in [1.54, 1.807) is 0 Å². The molecule has 0 aliphatic heterocycles. The summed E-state index contributed by atoms with van der Waals surface area (Å²) in [6.45, 7) is 5.59. The maximum absolute atomic E-state index is 12.9. The Morgan fingerprint density at radius 1 is 1.29 bits per heavy atom. The number of Topliss-reactive ketones (excluding diaryl/α,β-unsaturated/α-hetero) is 1. The molecule has 1 rings (SSSR count). The predicted octanol–water partition coefficient (Wildman–Crippen LogP) is 2.45. The van der Waals surface area contributed by atoms with E-state index in [0.29, 0.717) is 5.56 Å². The first kappa shape index (κ1) is 13.8. The monoisotopic (exact) mass is 241 g/mol. The van der Waals surface area contributed by atoms with E-state index in [1.165, 1.54) is 6.07 Å². The molecule has 0 saturated carbocycles. The molecule has 0 radical (unpaired) electrons. The first-order valence-electron chi connectivity index (χ1n) is 5.44. The van der Waals surface area contributed by atoms with Crippen molar-refractivity contribution in [3.8, 4) is 0 Å². The van der Waals surface area contributed by atoms with Crippen LogP contribution in [0.25, 0.3) is 0 Å². The molecular weight excluding hydrogens is 224 g/mol. The van der Waals surface area contributed by atoms with Gasteiger partial charge in [-0.3, -0.25) is 4.79 Å². The smallest absolute Gasteiger partial charge is 0.159 e. The van der Waals surface area contributed by atoms with E-state index in [4.69, 9.17) is 5.73 Å². The van der Waals surface area contributed by atoms with Gasteiger partial charge in [0.2, 0.25) is 0 Å². The van der Waals surface area contributed by atoms with Crippen LogP contribution in [0.5, 0.6) is 0 Å². The summed E-state index contributed by atoms with van der Waals surface area (Å²) in [6, 6.07) is 2.82. The zero-order valence-electron chi connectivity index (χ0n) is 10.3. The van der Waals surface area contributed by atoms with E-state index >= 15 is 0 Å². The number of carbonyl (C=O) groups excluding carboxylic acids is 1. The van der Waals surface area contributed by atoms with Crippen LogP contribution < -0.4 is 5.73 Å². The summed E-state index contributed by atoms with van der Waals surface area (Å²) >= 11 is 0. The first-order chi connectivity index (χ1) is 7.71. The summed E-state index contributed by atoms with van der Waals surface area (Å²) in [4.78, 5) is 11.8. The highest BCUT2D eigenvalue weighted by Crippen LogP contribution is 2.19. The largest absolute Gasteiger partial charge is 0.321 e. The van der Waals surface area contributed by atoms with E-state index in [0.717, 1.165) is 12.1 Å². The summed E-state index contributed by atoms with van der Waals surface area (Å²) in [5, 5.41) is 0. The normalized spacial score (nSPS) is 13.5. The topological polar surface area (TPSA) is 43.1 Å². The van der Waals surface area contributed by atoms with Crippen molar-refractivity contribution in [1.82, 2.24) is 0 Å². The Bertz CT molecular complexity index is 424. The molecule has 1 atom stereocenters. The van der Waals surface area contributed by atoms with E-state index in [-0.39, 0.29) is 17.6 Å². The van der Waals surface area contributed by atoms with Crippen LogP contribution in [-0.2, 0) is 11.2 Å². The van der Waals surface area contributed by atoms with Crippen LogP contribution in [0.3, 0.4) is 0 Å². The molecule has 0 bridgehead atoms. The van der Waals surface area contributed by atoms with Gasteiger partial charge in [-0.25, -0.2) is 8.78 Å². The molecule has 0 saturated heterocycles. The van der Waals surface area contributed by atoms with Gasteiger partial charge in [0.25, 0.3) is 0 Å². The number of carbonyl (C=O) groups is 1. The van der Waals surface area contributed by atoms with E-state index in [9.17, 15) is 13.6 Å². The van der Waals surface area contributed by atoms with Gasteiger partial charge < -0.3 is 5.73 Å². The van der Waals surface area contributed by atoms with Crippen molar-refractivity contribution in [3.63, 3.8) is 0 Å². The fourth-order valence-corrected chi connectivity index (χ4v) is 1.44. The van der Waals surface area contributed by atoms with Gasteiger partial charge >= 0.3 is 0 Å². The lowest BCUT2D eigenvalue weighted by Gasteiger charge is -2.25. The third kappa shape index (κ3) is 3.60. The lowest BCUT2D eigenvalue weighted by Crippen LogP contribution is -2.43. The third-order valence-electron chi connectivity index (χ3n) is 2.64. The Morgan fingerprint density at radius 2 is 1.88 bits per heavy atom. The van der Waals surface area contributed by atoms with Crippen LogP contribution in [0.2, 0.25) is 0 Å². The van der Waals surface area contributed by atoms with Crippen LogP contribution in [0, 0.1) is 17.0 Å². The fourth-order valence-electron chi connectivity index (χ4n) is 1.44. The third-order valence-corrected chi connectivity index (χ3v) is 2.64. The Hall–Kier alpha value is -1.29. The number of hydrogen-bond donors (Lipinski definition) is 1. The molecular formula is C13H17F2NO. The molecule has 1 aromatic carbocycles. The summed E-state index contributed by atoms with van der Waals surface area (Å²) in [7, 11) is 0. The van der Waals surface area contributed by atoms with Crippen molar-refractivity contribution in [3.05, 3.63) is 35.4 Å². The quantitative estimate of drug-likeness (QED) is 0.883. The molecule has 2 N–H and O–H groups in total. The summed E-state index contributed by atoms with van der Waals surface area (Å²) in [5.41, 5.74) is 5.89. The van der Waals surface area contributed by atoms with Crippen molar-refractivity contribution in [2.75, 3.05) is 0 Å². The summed E-state index contributed by atoms with van der Waals surface area (Å²) < 4.78 is 25.6. The number of rotatable bonds is 3. The molecule has 0 spiro atoms. The van der Waals surface area contributed by atoms with Crippen LogP contribution in [0.15, 0.2) is 18.2 Å². The molecule has 0 heterocycles. The number of hydrogen-bond acceptors (Lipinski definition) is 2. The summed E-state index contributed by atoms with van der Waals surface area (Å²) in [6.07, 6.45) is 0.0234. The number of halogens is 2. The Balaban J connectivity index is 2.78. The lowest BCUT2D eigenvalue weighted by atomic mass is 9.83. The Kier molecular flexibility index (Phi) is 3.98. The molecule has 17 heavy (non-hydrogen) atoms. The van der Waals surface area contributed by atoms with E-state index < -0.39 is 17.7 Å². The SMILES string of the molecule is CC(C)(C)C(N)C(=O)Cc1ccc(F)c(F)c1. The molecule has 0 aliphatic rings. The molecule has 0 amide bonds. The van der Waals surface area contributed by atoms with Gasteiger partial charge in [-0.2, -0.15) is 0 Å². The van der Waals surface area contributed by atoms with Crippen LogP contribution in [0.1, 0.15) is 26.3 Å². The van der Waals surface area contributed by atoms with Crippen molar-refractivity contribution in [1.29, 1.82) is 0 Å². The number of benzene rings is 1. The molecule has 0 aromatic heterocycles. The zero-order chi connectivity index (χ0) is 13.2. The van der Waals surface area contributed by atoms with E-state index in [2.05, 4.69) is 0 Å². The lowest BCUT2D eigenvalue weighted by molar-refractivity contribution is -0.121. The maximum atomic E-state index is 12.9. The minimum Gasteiger partial charge on any atom is -0.321 e. The average molecular weight is 241 g/mol. The fraction of sp³-hybridized carbons (Fsp3) is 0.462. The van der Waals surface area contributed by atoms with Gasteiger partial charge in [-0.15, -0.1) is 0 Å². The highest BCUT2D eigenvalue weighted by atomic mass is 19.2. The molecule has 94 valence electrons. The minimum absolute atomic E-state index is 0.0234. The average Bonchev–Trinajstić information content (AvgIpc) is 2.21. The predicted molar refractivity (Wildman–Crippen MR) is 62.5 cm³/mol. The zero-order valence-corrected chi connectivity index (χ0v) is 10.3. The number of nitrogens with two attached hydrogens (primary N) is 1. The second-order valence-corrected chi connectivity index (χ2v) is 5.24. The highest BCUT2D eigenvalue weighted by molar-refractivity contribution is 5.86. The van der Waals surface area contributed by atoms with Crippen LogP contribution >= 0.6 is 0 Å². The standard InChI is InChI=1S/C13H17F2NO/c1-13(2,3)12(16)11(17)7-8-4-5-9(14)10(15)6-8/h4-6,12H,7,16H2,1-3H3. The molecule has 0 aliphatic carbocycles. The van der Waals surface area contributed by atoms with Crippen LogP contribution in [0.4, 0.5) is 8.78 Å². The van der Waals surface area contributed by atoms with Crippen molar-refractivity contribution in [2.45, 2.75) is 33.2 Å². The van der Waals surface area contributed by atoms with E-state index in [1.807, 2.05) is 20.8 Å². The van der Waals surface area contributed by atoms with Gasteiger partial charge in [0.1, 0.15) is 0 Å². The summed E-state index contributed by atoms with van der Waals surface area (Å²) in [5.74, 6) is -2.04. The van der Waals surface area contributed by atoms with Crippen molar-refractivity contribution < 1.29 is 13.6 Å².